The zero-order valence-corrected chi connectivity index (χ0v) is 6.72. The molecule has 1 aromatic rings. The lowest BCUT2D eigenvalue weighted by atomic mass is 10.3. The molecule has 0 saturated heterocycles. The Hall–Kier alpha value is -0.320. The molecule has 0 heterocycles. The summed E-state index contributed by atoms with van der Waals surface area (Å²) in [5.74, 6) is -0.254. The Bertz CT molecular complexity index is 204. The molecular formula is C6H5FIN. The van der Waals surface area contributed by atoms with Crippen molar-refractivity contribution in [2.75, 3.05) is 5.73 Å². The fraction of sp³-hybridized carbons (Fsp3) is 0. The Morgan fingerprint density at radius 2 is 2.11 bits per heavy atom. The van der Waals surface area contributed by atoms with Crippen molar-refractivity contribution in [1.29, 1.82) is 0 Å². The zero-order valence-electron chi connectivity index (χ0n) is 4.57. The first-order valence-corrected chi connectivity index (χ1v) is 3.49. The maximum absolute atomic E-state index is 12.5. The van der Waals surface area contributed by atoms with Crippen molar-refractivity contribution < 1.29 is 4.39 Å². The van der Waals surface area contributed by atoms with Crippen molar-refractivity contribution in [3.8, 4) is 0 Å². The van der Waals surface area contributed by atoms with Crippen molar-refractivity contribution in [1.82, 2.24) is 0 Å². The van der Waals surface area contributed by atoms with Gasteiger partial charge in [0.15, 0.2) is 0 Å². The van der Waals surface area contributed by atoms with Gasteiger partial charge in [0.2, 0.25) is 0 Å². The normalized spacial score (nSPS) is 9.56. The van der Waals surface area contributed by atoms with Crippen LogP contribution < -0.4 is 5.73 Å². The topological polar surface area (TPSA) is 26.0 Å². The van der Waals surface area contributed by atoms with Crippen LogP contribution in [0.4, 0.5) is 10.1 Å². The molecule has 0 aliphatic carbocycles. The largest absolute Gasteiger partial charge is 0.398 e. The molecule has 9 heavy (non-hydrogen) atoms. The summed E-state index contributed by atoms with van der Waals surface area (Å²) in [6.45, 7) is 0. The molecule has 0 unspecified atom stereocenters. The number of halogens is 2. The smallest absolute Gasteiger partial charge is 0.138 e. The molecule has 3 heteroatoms. The van der Waals surface area contributed by atoms with Gasteiger partial charge >= 0.3 is 0 Å². The molecule has 0 aromatic heterocycles. The minimum atomic E-state index is -0.254. The SMILES string of the molecule is Nc1cccc(F)c1I. The summed E-state index contributed by atoms with van der Waals surface area (Å²) < 4.78 is 13.0. The second-order valence-electron chi connectivity index (χ2n) is 1.64. The third-order valence-corrected chi connectivity index (χ3v) is 2.12. The summed E-state index contributed by atoms with van der Waals surface area (Å²) in [5, 5.41) is 0. The lowest BCUT2D eigenvalue weighted by Gasteiger charge is -1.95. The first-order valence-electron chi connectivity index (χ1n) is 2.41. The molecule has 1 nitrogen and oxygen atoms in total. The van der Waals surface area contributed by atoms with Crippen molar-refractivity contribution in [2.45, 2.75) is 0 Å². The second kappa shape index (κ2) is 2.51. The number of hydrogen-bond acceptors (Lipinski definition) is 1. The number of nitrogens with two attached hydrogens (primary N) is 1. The van der Waals surface area contributed by atoms with E-state index in [0.717, 1.165) is 0 Å². The number of rotatable bonds is 0. The van der Waals surface area contributed by atoms with E-state index in [-0.39, 0.29) is 5.82 Å². The molecule has 1 aromatic carbocycles. The molecule has 0 spiro atoms. The van der Waals surface area contributed by atoms with Gasteiger partial charge < -0.3 is 5.73 Å². The highest BCUT2D eigenvalue weighted by atomic mass is 127. The van der Waals surface area contributed by atoms with Crippen LogP contribution in [-0.4, -0.2) is 0 Å². The quantitative estimate of drug-likeness (QED) is 0.542. The number of anilines is 1. The third kappa shape index (κ3) is 1.32. The lowest BCUT2D eigenvalue weighted by molar-refractivity contribution is 0.621. The summed E-state index contributed by atoms with van der Waals surface area (Å²) in [7, 11) is 0. The van der Waals surface area contributed by atoms with Crippen molar-refractivity contribution in [3.63, 3.8) is 0 Å². The average molecular weight is 237 g/mol. The summed E-state index contributed by atoms with van der Waals surface area (Å²) >= 11 is 1.87. The maximum atomic E-state index is 12.5. The summed E-state index contributed by atoms with van der Waals surface area (Å²) in [6.07, 6.45) is 0. The first-order chi connectivity index (χ1) is 4.22. The van der Waals surface area contributed by atoms with Gasteiger partial charge in [-0.05, 0) is 34.7 Å². The van der Waals surface area contributed by atoms with Gasteiger partial charge in [0.25, 0.3) is 0 Å². The van der Waals surface area contributed by atoms with Crippen molar-refractivity contribution in [3.05, 3.63) is 27.6 Å². The van der Waals surface area contributed by atoms with E-state index in [1.54, 1.807) is 12.1 Å². The molecule has 0 aliphatic heterocycles. The van der Waals surface area contributed by atoms with Crippen LogP contribution in [0.15, 0.2) is 18.2 Å². The van der Waals surface area contributed by atoms with Gasteiger partial charge in [-0.15, -0.1) is 0 Å². The van der Waals surface area contributed by atoms with Crippen LogP contribution in [0.5, 0.6) is 0 Å². The highest BCUT2D eigenvalue weighted by molar-refractivity contribution is 14.1. The summed E-state index contributed by atoms with van der Waals surface area (Å²) in [6, 6.07) is 4.65. The molecule has 48 valence electrons. The molecule has 2 N–H and O–H groups in total. The molecule has 0 amide bonds. The molecule has 1 rings (SSSR count). The van der Waals surface area contributed by atoms with Crippen LogP contribution in [0, 0.1) is 9.39 Å². The zero-order chi connectivity index (χ0) is 6.85. The van der Waals surface area contributed by atoms with Crippen LogP contribution in [0.1, 0.15) is 0 Å². The van der Waals surface area contributed by atoms with Gasteiger partial charge in [-0.3, -0.25) is 0 Å². The molecule has 0 saturated carbocycles. The second-order valence-corrected chi connectivity index (χ2v) is 2.72. The Kier molecular flexibility index (Phi) is 1.90. The molecule has 0 aliphatic rings. The fourth-order valence-corrected chi connectivity index (χ4v) is 0.880. The summed E-state index contributed by atoms with van der Waals surface area (Å²) in [4.78, 5) is 0. The molecule has 0 radical (unpaired) electrons. The molecule has 0 fully saturated rings. The van der Waals surface area contributed by atoms with E-state index in [0.29, 0.717) is 9.26 Å². The van der Waals surface area contributed by atoms with Crippen LogP contribution in [0.25, 0.3) is 0 Å². The summed E-state index contributed by atoms with van der Waals surface area (Å²) in [5.41, 5.74) is 5.87. The van der Waals surface area contributed by atoms with Gasteiger partial charge in [-0.2, -0.15) is 0 Å². The van der Waals surface area contributed by atoms with Crippen LogP contribution in [-0.2, 0) is 0 Å². The Morgan fingerprint density at radius 1 is 1.44 bits per heavy atom. The minimum absolute atomic E-state index is 0.254. The monoisotopic (exact) mass is 237 g/mol. The Balaban J connectivity index is 3.25. The van der Waals surface area contributed by atoms with Gasteiger partial charge in [0.05, 0.1) is 3.57 Å². The predicted octanol–water partition coefficient (Wildman–Crippen LogP) is 2.01. The van der Waals surface area contributed by atoms with E-state index in [1.807, 2.05) is 22.6 Å². The highest BCUT2D eigenvalue weighted by Crippen LogP contribution is 2.16. The van der Waals surface area contributed by atoms with E-state index < -0.39 is 0 Å². The van der Waals surface area contributed by atoms with E-state index in [2.05, 4.69) is 0 Å². The third-order valence-electron chi connectivity index (χ3n) is 0.981. The standard InChI is InChI=1S/C6H5FIN/c7-4-2-1-3-5(9)6(4)8/h1-3H,9H2. The van der Waals surface area contributed by atoms with Gasteiger partial charge in [0.1, 0.15) is 5.82 Å². The van der Waals surface area contributed by atoms with E-state index in [4.69, 9.17) is 5.73 Å². The lowest BCUT2D eigenvalue weighted by Crippen LogP contribution is -1.90. The minimum Gasteiger partial charge on any atom is -0.398 e. The number of benzene rings is 1. The maximum Gasteiger partial charge on any atom is 0.138 e. The van der Waals surface area contributed by atoms with Gasteiger partial charge in [-0.1, -0.05) is 6.07 Å². The molecule has 0 bridgehead atoms. The van der Waals surface area contributed by atoms with E-state index in [1.165, 1.54) is 6.07 Å². The highest BCUT2D eigenvalue weighted by Gasteiger charge is 1.98. The van der Waals surface area contributed by atoms with Crippen molar-refractivity contribution >= 4 is 28.3 Å². The predicted molar refractivity (Wildman–Crippen MR) is 43.5 cm³/mol. The Morgan fingerprint density at radius 3 is 2.56 bits per heavy atom. The number of hydrogen-bond donors (Lipinski definition) is 1. The first kappa shape index (κ1) is 6.80. The Labute approximate surface area is 66.2 Å². The van der Waals surface area contributed by atoms with Crippen LogP contribution in [0.3, 0.4) is 0 Å². The number of nitrogen functional groups attached to an aromatic ring is 1. The van der Waals surface area contributed by atoms with Gasteiger partial charge in [-0.25, -0.2) is 4.39 Å². The van der Waals surface area contributed by atoms with Gasteiger partial charge in [0, 0.05) is 5.69 Å². The molecule has 0 atom stereocenters. The molecular weight excluding hydrogens is 232 g/mol. The van der Waals surface area contributed by atoms with Crippen LogP contribution in [0.2, 0.25) is 0 Å². The van der Waals surface area contributed by atoms with E-state index >= 15 is 0 Å². The van der Waals surface area contributed by atoms with Crippen molar-refractivity contribution in [2.24, 2.45) is 0 Å². The van der Waals surface area contributed by atoms with E-state index in [9.17, 15) is 4.39 Å². The fourth-order valence-electron chi connectivity index (χ4n) is 0.520. The van der Waals surface area contributed by atoms with Crippen LogP contribution >= 0.6 is 22.6 Å². The average Bonchev–Trinajstić information content (AvgIpc) is 1.83.